The van der Waals surface area contributed by atoms with E-state index in [0.29, 0.717) is 6.54 Å². The van der Waals surface area contributed by atoms with Gasteiger partial charge in [0.1, 0.15) is 0 Å². The van der Waals surface area contributed by atoms with Crippen molar-refractivity contribution < 1.29 is 10.0 Å². The van der Waals surface area contributed by atoms with Crippen molar-refractivity contribution in [2.24, 2.45) is 5.41 Å². The van der Waals surface area contributed by atoms with Crippen LogP contribution < -0.4 is 5.32 Å². The molecule has 1 saturated carbocycles. The minimum absolute atomic E-state index is 0.0297. The largest absolute Gasteiger partial charge is 0.396 e. The van der Waals surface area contributed by atoms with Gasteiger partial charge in [0, 0.05) is 36.6 Å². The molecule has 1 aromatic rings. The number of hydrogen-bond acceptors (Lipinski definition) is 5. The first-order chi connectivity index (χ1) is 8.65. The van der Waals surface area contributed by atoms with Crippen LogP contribution in [0.3, 0.4) is 0 Å². The highest BCUT2D eigenvalue weighted by Gasteiger charge is 2.32. The predicted octanol–water partition coefficient (Wildman–Crippen LogP) is 2.30. The highest BCUT2D eigenvalue weighted by atomic mass is 32.1. The molecule has 2 N–H and O–H groups in total. The van der Waals surface area contributed by atoms with Crippen molar-refractivity contribution in [1.29, 1.82) is 0 Å². The van der Waals surface area contributed by atoms with Gasteiger partial charge in [-0.25, -0.2) is 0 Å². The lowest BCUT2D eigenvalue weighted by Gasteiger charge is -2.26. The molecule has 0 spiro atoms. The molecule has 0 atom stereocenters. The van der Waals surface area contributed by atoms with Crippen LogP contribution in [-0.4, -0.2) is 23.2 Å². The monoisotopic (exact) mass is 270 g/mol. The van der Waals surface area contributed by atoms with E-state index in [-0.39, 0.29) is 21.9 Å². The zero-order chi connectivity index (χ0) is 13.0. The number of hydrogen-bond donors (Lipinski definition) is 2. The quantitative estimate of drug-likeness (QED) is 0.614. The van der Waals surface area contributed by atoms with Gasteiger partial charge in [-0.15, -0.1) is 0 Å². The van der Waals surface area contributed by atoms with Crippen LogP contribution >= 0.6 is 11.3 Å². The Labute approximate surface area is 110 Å². The number of nitro groups is 1. The summed E-state index contributed by atoms with van der Waals surface area (Å²) in [5.74, 6) is 0. The fourth-order valence-electron chi connectivity index (χ4n) is 2.54. The van der Waals surface area contributed by atoms with E-state index in [9.17, 15) is 15.2 Å². The molecule has 100 valence electrons. The summed E-state index contributed by atoms with van der Waals surface area (Å²) < 4.78 is 0. The number of rotatable bonds is 6. The lowest BCUT2D eigenvalue weighted by Crippen LogP contribution is -2.34. The van der Waals surface area contributed by atoms with E-state index in [2.05, 4.69) is 5.32 Å². The summed E-state index contributed by atoms with van der Waals surface area (Å²) in [6, 6.07) is 1.61. The van der Waals surface area contributed by atoms with Gasteiger partial charge in [-0.05, 0) is 18.4 Å². The second-order valence-electron chi connectivity index (χ2n) is 5.02. The molecule has 5 nitrogen and oxygen atoms in total. The predicted molar refractivity (Wildman–Crippen MR) is 70.7 cm³/mol. The van der Waals surface area contributed by atoms with Gasteiger partial charge in [-0.3, -0.25) is 10.1 Å². The molecule has 1 aliphatic carbocycles. The van der Waals surface area contributed by atoms with Crippen molar-refractivity contribution in [3.63, 3.8) is 0 Å². The van der Waals surface area contributed by atoms with Crippen LogP contribution in [0.4, 0.5) is 5.00 Å². The maximum atomic E-state index is 10.6. The molecule has 1 fully saturated rings. The third kappa shape index (κ3) is 3.07. The Bertz CT molecular complexity index is 413. The molecular weight excluding hydrogens is 252 g/mol. The molecule has 1 aromatic heterocycles. The summed E-state index contributed by atoms with van der Waals surface area (Å²) in [7, 11) is 0. The van der Waals surface area contributed by atoms with Crippen LogP contribution in [-0.2, 0) is 6.54 Å². The van der Waals surface area contributed by atoms with Crippen LogP contribution in [0.2, 0.25) is 0 Å². The minimum Gasteiger partial charge on any atom is -0.396 e. The first-order valence-corrected chi connectivity index (χ1v) is 7.07. The molecule has 0 aliphatic heterocycles. The van der Waals surface area contributed by atoms with Crippen molar-refractivity contribution >= 4 is 16.3 Å². The summed E-state index contributed by atoms with van der Waals surface area (Å²) in [5, 5.41) is 25.3. The number of thiophene rings is 1. The molecule has 1 heterocycles. The van der Waals surface area contributed by atoms with Crippen LogP contribution in [0.1, 0.15) is 31.2 Å². The average Bonchev–Trinajstić information content (AvgIpc) is 2.98. The van der Waals surface area contributed by atoms with Crippen molar-refractivity contribution in [1.82, 2.24) is 5.32 Å². The normalized spacial score (nSPS) is 18.1. The molecule has 0 unspecified atom stereocenters. The molecule has 1 aliphatic rings. The SMILES string of the molecule is O=[N+]([O-])c1cc(CNCC2(CO)CCCC2)cs1. The lowest BCUT2D eigenvalue weighted by molar-refractivity contribution is -0.380. The van der Waals surface area contributed by atoms with Gasteiger partial charge in [-0.2, -0.15) is 0 Å². The fraction of sp³-hybridized carbons (Fsp3) is 0.667. The smallest absolute Gasteiger partial charge is 0.324 e. The van der Waals surface area contributed by atoms with Crippen molar-refractivity contribution in [2.75, 3.05) is 13.2 Å². The number of nitrogens with one attached hydrogen (secondary N) is 1. The van der Waals surface area contributed by atoms with E-state index in [0.717, 1.165) is 36.3 Å². The van der Waals surface area contributed by atoms with E-state index in [1.807, 2.05) is 5.38 Å². The standard InChI is InChI=1S/C12H18N2O3S/c15-9-12(3-1-2-4-12)8-13-6-10-5-11(14(16)17)18-7-10/h5,7,13,15H,1-4,6,8-9H2. The first-order valence-electron chi connectivity index (χ1n) is 6.19. The molecule has 0 amide bonds. The Hall–Kier alpha value is -0.980. The summed E-state index contributed by atoms with van der Waals surface area (Å²) >= 11 is 1.16. The van der Waals surface area contributed by atoms with Crippen LogP contribution in [0.15, 0.2) is 11.4 Å². The van der Waals surface area contributed by atoms with E-state index in [1.165, 1.54) is 12.8 Å². The van der Waals surface area contributed by atoms with E-state index >= 15 is 0 Å². The minimum atomic E-state index is -0.361. The van der Waals surface area contributed by atoms with E-state index < -0.39 is 0 Å². The Kier molecular flexibility index (Phi) is 4.31. The molecule has 0 aromatic carbocycles. The van der Waals surface area contributed by atoms with Crippen molar-refractivity contribution in [3.8, 4) is 0 Å². The van der Waals surface area contributed by atoms with Crippen molar-refractivity contribution in [2.45, 2.75) is 32.2 Å². The molecule has 6 heteroatoms. The third-order valence-corrected chi connectivity index (χ3v) is 4.58. The van der Waals surface area contributed by atoms with Gasteiger partial charge >= 0.3 is 5.00 Å². The molecule has 0 saturated heterocycles. The molecule has 2 rings (SSSR count). The van der Waals surface area contributed by atoms with E-state index in [1.54, 1.807) is 6.07 Å². The summed E-state index contributed by atoms with van der Waals surface area (Å²) in [6.07, 6.45) is 4.51. The third-order valence-electron chi connectivity index (χ3n) is 3.65. The Morgan fingerprint density at radius 3 is 2.78 bits per heavy atom. The maximum absolute atomic E-state index is 10.6. The van der Waals surface area contributed by atoms with Gasteiger partial charge in [0.25, 0.3) is 0 Å². The second-order valence-corrected chi connectivity index (χ2v) is 5.91. The zero-order valence-corrected chi connectivity index (χ0v) is 11.0. The highest BCUT2D eigenvalue weighted by Crippen LogP contribution is 2.37. The Morgan fingerprint density at radius 1 is 1.50 bits per heavy atom. The fourth-order valence-corrected chi connectivity index (χ4v) is 3.27. The average molecular weight is 270 g/mol. The summed E-state index contributed by atoms with van der Waals surface area (Å²) in [4.78, 5) is 10.2. The van der Waals surface area contributed by atoms with Gasteiger partial charge in [0.15, 0.2) is 0 Å². The van der Waals surface area contributed by atoms with Gasteiger partial charge in [0.05, 0.1) is 4.92 Å². The molecule has 18 heavy (non-hydrogen) atoms. The Morgan fingerprint density at radius 2 is 2.22 bits per heavy atom. The van der Waals surface area contributed by atoms with Gasteiger partial charge < -0.3 is 10.4 Å². The lowest BCUT2D eigenvalue weighted by atomic mass is 9.87. The number of nitrogens with zero attached hydrogens (tertiary/aromatic N) is 1. The maximum Gasteiger partial charge on any atom is 0.324 e. The van der Waals surface area contributed by atoms with Crippen molar-refractivity contribution in [3.05, 3.63) is 27.1 Å². The van der Waals surface area contributed by atoms with E-state index in [4.69, 9.17) is 0 Å². The van der Waals surface area contributed by atoms with Crippen LogP contribution in [0.25, 0.3) is 0 Å². The van der Waals surface area contributed by atoms with Crippen LogP contribution in [0, 0.1) is 15.5 Å². The highest BCUT2D eigenvalue weighted by molar-refractivity contribution is 7.13. The molecule has 0 bridgehead atoms. The van der Waals surface area contributed by atoms with Gasteiger partial charge in [-0.1, -0.05) is 24.2 Å². The second kappa shape index (κ2) is 5.77. The molecular formula is C12H18N2O3S. The first kappa shape index (κ1) is 13.5. The topological polar surface area (TPSA) is 75.4 Å². The number of aliphatic hydroxyl groups is 1. The Balaban J connectivity index is 1.82. The molecule has 0 radical (unpaired) electrons. The van der Waals surface area contributed by atoms with Gasteiger partial charge in [0.2, 0.25) is 0 Å². The summed E-state index contributed by atoms with van der Waals surface area (Å²) in [6.45, 7) is 1.64. The number of aliphatic hydroxyl groups excluding tert-OH is 1. The van der Waals surface area contributed by atoms with Crippen LogP contribution in [0.5, 0.6) is 0 Å². The zero-order valence-electron chi connectivity index (χ0n) is 10.2. The summed E-state index contributed by atoms with van der Waals surface area (Å²) in [5.41, 5.74) is 0.972.